The van der Waals surface area contributed by atoms with Gasteiger partial charge in [-0.25, -0.2) is 0 Å². The van der Waals surface area contributed by atoms with Crippen LogP contribution in [0, 0.1) is 6.92 Å². The Morgan fingerprint density at radius 1 is 1.29 bits per heavy atom. The van der Waals surface area contributed by atoms with E-state index in [-0.39, 0.29) is 5.56 Å². The van der Waals surface area contributed by atoms with Crippen LogP contribution in [-0.2, 0) is 6.54 Å². The van der Waals surface area contributed by atoms with Crippen LogP contribution in [0.4, 0.5) is 5.69 Å². The first-order chi connectivity index (χ1) is 8.06. The van der Waals surface area contributed by atoms with Crippen molar-refractivity contribution in [2.45, 2.75) is 13.5 Å². The molecule has 0 radical (unpaired) electrons. The number of rotatable bonds is 2. The Bertz CT molecular complexity index is 605. The van der Waals surface area contributed by atoms with Crippen LogP contribution < -0.4 is 11.3 Å². The van der Waals surface area contributed by atoms with Gasteiger partial charge in [-0.15, -0.1) is 0 Å². The van der Waals surface area contributed by atoms with Gasteiger partial charge in [0.05, 0.1) is 6.54 Å². The highest BCUT2D eigenvalue weighted by Crippen LogP contribution is 2.20. The molecule has 3 nitrogen and oxygen atoms in total. The number of hydrogen-bond acceptors (Lipinski definition) is 2. The topological polar surface area (TPSA) is 48.0 Å². The van der Waals surface area contributed by atoms with Gasteiger partial charge in [-0.2, -0.15) is 0 Å². The molecule has 88 valence electrons. The number of aromatic nitrogens is 1. The maximum Gasteiger partial charge on any atom is 0.251 e. The zero-order valence-corrected chi connectivity index (χ0v) is 11.1. The van der Waals surface area contributed by atoms with Crippen molar-refractivity contribution in [3.8, 4) is 0 Å². The molecule has 1 heterocycles. The largest absolute Gasteiger partial charge is 0.398 e. The van der Waals surface area contributed by atoms with Crippen molar-refractivity contribution in [1.29, 1.82) is 0 Å². The van der Waals surface area contributed by atoms with Crippen molar-refractivity contribution in [3.05, 3.63) is 62.5 Å². The van der Waals surface area contributed by atoms with Crippen molar-refractivity contribution in [2.24, 2.45) is 0 Å². The Morgan fingerprint density at radius 3 is 2.71 bits per heavy atom. The van der Waals surface area contributed by atoms with Gasteiger partial charge in [-0.05, 0) is 52.2 Å². The summed E-state index contributed by atoms with van der Waals surface area (Å²) in [5.74, 6) is 0. The molecule has 1 aromatic heterocycles. The zero-order chi connectivity index (χ0) is 12.4. The average molecular weight is 293 g/mol. The molecule has 0 unspecified atom stereocenters. The van der Waals surface area contributed by atoms with Gasteiger partial charge in [0.2, 0.25) is 0 Å². The van der Waals surface area contributed by atoms with Crippen LogP contribution in [0.15, 0.2) is 45.8 Å². The third kappa shape index (κ3) is 2.77. The molecular formula is C13H13BrN2O. The number of pyridine rings is 1. The van der Waals surface area contributed by atoms with Gasteiger partial charge in [-0.1, -0.05) is 6.07 Å². The number of benzene rings is 1. The molecule has 2 N–H and O–H groups in total. The van der Waals surface area contributed by atoms with Crippen LogP contribution in [0.1, 0.15) is 11.1 Å². The van der Waals surface area contributed by atoms with Crippen LogP contribution in [0.2, 0.25) is 0 Å². The lowest BCUT2D eigenvalue weighted by Crippen LogP contribution is -2.19. The van der Waals surface area contributed by atoms with Crippen molar-refractivity contribution < 1.29 is 0 Å². The molecule has 2 aromatic rings. The van der Waals surface area contributed by atoms with E-state index in [2.05, 4.69) is 15.9 Å². The van der Waals surface area contributed by atoms with E-state index < -0.39 is 0 Å². The van der Waals surface area contributed by atoms with E-state index >= 15 is 0 Å². The molecular weight excluding hydrogens is 280 g/mol. The van der Waals surface area contributed by atoms with Crippen LogP contribution in [0.25, 0.3) is 0 Å². The van der Waals surface area contributed by atoms with E-state index in [0.717, 1.165) is 15.6 Å². The second kappa shape index (κ2) is 4.75. The normalized spacial score (nSPS) is 10.5. The van der Waals surface area contributed by atoms with Crippen LogP contribution in [0.3, 0.4) is 0 Å². The van der Waals surface area contributed by atoms with Crippen molar-refractivity contribution in [3.63, 3.8) is 0 Å². The van der Waals surface area contributed by atoms with Gasteiger partial charge in [0.15, 0.2) is 0 Å². The zero-order valence-electron chi connectivity index (χ0n) is 9.48. The Morgan fingerprint density at radius 2 is 2.06 bits per heavy atom. The number of nitrogens with zero attached hydrogens (tertiary/aromatic N) is 1. The maximum absolute atomic E-state index is 11.7. The second-order valence-electron chi connectivity index (χ2n) is 4.03. The molecule has 0 spiro atoms. The highest BCUT2D eigenvalue weighted by atomic mass is 79.9. The molecule has 0 aliphatic carbocycles. The smallest absolute Gasteiger partial charge is 0.251 e. The molecule has 0 saturated carbocycles. The number of nitrogen functional groups attached to an aromatic ring is 1. The standard InChI is InChI=1S/C13H13BrN2O/c1-9-4-5-16(13(17)6-9)8-10-2-3-11(14)12(15)7-10/h2-7H,8,15H2,1H3. The predicted octanol–water partition coefficient (Wildman–Crippen LogP) is 2.55. The molecule has 0 bridgehead atoms. The molecule has 0 aliphatic heterocycles. The van der Waals surface area contributed by atoms with E-state index in [1.165, 1.54) is 0 Å². The summed E-state index contributed by atoms with van der Waals surface area (Å²) in [7, 11) is 0. The van der Waals surface area contributed by atoms with Crippen molar-refractivity contribution in [1.82, 2.24) is 4.57 Å². The first-order valence-corrected chi connectivity index (χ1v) is 6.06. The van der Waals surface area contributed by atoms with Gasteiger partial charge in [0, 0.05) is 22.4 Å². The number of aryl methyl sites for hydroxylation is 1. The van der Waals surface area contributed by atoms with E-state index in [1.807, 2.05) is 31.2 Å². The predicted molar refractivity (Wildman–Crippen MR) is 73.1 cm³/mol. The lowest BCUT2D eigenvalue weighted by Gasteiger charge is -2.07. The highest BCUT2D eigenvalue weighted by molar-refractivity contribution is 9.10. The van der Waals surface area contributed by atoms with Crippen LogP contribution in [0.5, 0.6) is 0 Å². The molecule has 0 atom stereocenters. The van der Waals surface area contributed by atoms with Gasteiger partial charge >= 0.3 is 0 Å². The molecule has 0 fully saturated rings. The minimum Gasteiger partial charge on any atom is -0.398 e. The maximum atomic E-state index is 11.7. The highest BCUT2D eigenvalue weighted by Gasteiger charge is 2.01. The first kappa shape index (κ1) is 11.9. The van der Waals surface area contributed by atoms with Crippen LogP contribution >= 0.6 is 15.9 Å². The molecule has 2 rings (SSSR count). The fourth-order valence-corrected chi connectivity index (χ4v) is 1.87. The summed E-state index contributed by atoms with van der Waals surface area (Å²) in [4.78, 5) is 11.7. The third-order valence-electron chi connectivity index (χ3n) is 2.56. The van der Waals surface area contributed by atoms with E-state index in [4.69, 9.17) is 5.73 Å². The Hall–Kier alpha value is -1.55. The Balaban J connectivity index is 2.31. The molecule has 17 heavy (non-hydrogen) atoms. The molecule has 1 aromatic carbocycles. The van der Waals surface area contributed by atoms with E-state index in [1.54, 1.807) is 16.8 Å². The van der Waals surface area contributed by atoms with Gasteiger partial charge in [-0.3, -0.25) is 4.79 Å². The van der Waals surface area contributed by atoms with Gasteiger partial charge < -0.3 is 10.3 Å². The Labute approximate surface area is 108 Å². The first-order valence-electron chi connectivity index (χ1n) is 5.27. The number of nitrogens with two attached hydrogens (primary N) is 1. The monoisotopic (exact) mass is 292 g/mol. The summed E-state index contributed by atoms with van der Waals surface area (Å²) < 4.78 is 2.54. The fourth-order valence-electron chi connectivity index (χ4n) is 1.63. The van der Waals surface area contributed by atoms with E-state index in [0.29, 0.717) is 12.2 Å². The van der Waals surface area contributed by atoms with Gasteiger partial charge in [0.1, 0.15) is 0 Å². The quantitative estimate of drug-likeness (QED) is 0.865. The molecule has 0 aliphatic rings. The van der Waals surface area contributed by atoms with E-state index in [9.17, 15) is 4.79 Å². The lowest BCUT2D eigenvalue weighted by molar-refractivity contribution is 0.757. The third-order valence-corrected chi connectivity index (χ3v) is 3.29. The van der Waals surface area contributed by atoms with Crippen LogP contribution in [-0.4, -0.2) is 4.57 Å². The number of hydrogen-bond donors (Lipinski definition) is 1. The summed E-state index contributed by atoms with van der Waals surface area (Å²) in [6.45, 7) is 2.44. The SMILES string of the molecule is Cc1ccn(Cc2ccc(Br)c(N)c2)c(=O)c1. The second-order valence-corrected chi connectivity index (χ2v) is 4.88. The minimum atomic E-state index is 0.00601. The minimum absolute atomic E-state index is 0.00601. The summed E-state index contributed by atoms with van der Waals surface area (Å²) in [6, 6.07) is 9.26. The summed E-state index contributed by atoms with van der Waals surface area (Å²) in [5.41, 5.74) is 8.48. The summed E-state index contributed by atoms with van der Waals surface area (Å²) in [5, 5.41) is 0. The summed E-state index contributed by atoms with van der Waals surface area (Å²) >= 11 is 3.35. The average Bonchev–Trinajstić information content (AvgIpc) is 2.27. The Kier molecular flexibility index (Phi) is 3.33. The molecule has 4 heteroatoms. The number of anilines is 1. The summed E-state index contributed by atoms with van der Waals surface area (Å²) in [6.07, 6.45) is 1.80. The van der Waals surface area contributed by atoms with Crippen molar-refractivity contribution in [2.75, 3.05) is 5.73 Å². The fraction of sp³-hybridized carbons (Fsp3) is 0.154. The molecule has 0 saturated heterocycles. The molecule has 0 amide bonds. The number of halogens is 1. The van der Waals surface area contributed by atoms with Gasteiger partial charge in [0.25, 0.3) is 5.56 Å². The lowest BCUT2D eigenvalue weighted by atomic mass is 10.2. The van der Waals surface area contributed by atoms with Crippen molar-refractivity contribution >= 4 is 21.6 Å².